The van der Waals surface area contributed by atoms with E-state index in [1.54, 1.807) is 0 Å². The fraction of sp³-hybridized carbons (Fsp3) is 0.150. The van der Waals surface area contributed by atoms with Gasteiger partial charge >= 0.3 is 5.97 Å². The van der Waals surface area contributed by atoms with Gasteiger partial charge in [0.1, 0.15) is 6.61 Å². The highest BCUT2D eigenvalue weighted by Gasteiger charge is 2.11. The Kier molecular flexibility index (Phi) is 5.39. The standard InChI is InChI=1S/C20H15ClN2O3S2/c1-12-10-28-20-22-14(8-17(24)23(12)20)9-26-18(25)11-27-16-7-3-5-13-4-2-6-15(21)19(13)16/h2-8,10H,9,11H2,1H3. The first-order chi connectivity index (χ1) is 13.5. The molecule has 2 aromatic heterocycles. The molecule has 28 heavy (non-hydrogen) atoms. The van der Waals surface area contributed by atoms with Crippen LogP contribution in [0, 0.1) is 6.92 Å². The molecular weight excluding hydrogens is 416 g/mol. The first-order valence-electron chi connectivity index (χ1n) is 8.45. The molecule has 0 saturated heterocycles. The van der Waals surface area contributed by atoms with Crippen LogP contribution in [0.4, 0.5) is 0 Å². The second-order valence-electron chi connectivity index (χ2n) is 6.12. The summed E-state index contributed by atoms with van der Waals surface area (Å²) < 4.78 is 6.84. The van der Waals surface area contributed by atoms with E-state index < -0.39 is 0 Å². The van der Waals surface area contributed by atoms with Gasteiger partial charge in [-0.2, -0.15) is 0 Å². The highest BCUT2D eigenvalue weighted by molar-refractivity contribution is 8.00. The number of halogens is 1. The molecule has 0 fully saturated rings. The SMILES string of the molecule is Cc1csc2nc(COC(=O)CSc3cccc4cccc(Cl)c34)cc(=O)n12. The molecule has 0 saturated carbocycles. The molecule has 0 bridgehead atoms. The van der Waals surface area contributed by atoms with Crippen LogP contribution in [-0.4, -0.2) is 21.1 Å². The van der Waals surface area contributed by atoms with Gasteiger partial charge in [-0.1, -0.05) is 35.9 Å². The highest BCUT2D eigenvalue weighted by Crippen LogP contribution is 2.33. The van der Waals surface area contributed by atoms with Gasteiger partial charge in [-0.15, -0.1) is 23.1 Å². The number of aromatic nitrogens is 2. The minimum absolute atomic E-state index is 0.0294. The molecule has 4 rings (SSSR count). The lowest BCUT2D eigenvalue weighted by atomic mass is 10.1. The Morgan fingerprint density at radius 2 is 2.07 bits per heavy atom. The Morgan fingerprint density at radius 1 is 1.29 bits per heavy atom. The van der Waals surface area contributed by atoms with Crippen LogP contribution >= 0.6 is 34.7 Å². The van der Waals surface area contributed by atoms with Crippen LogP contribution in [0.2, 0.25) is 5.02 Å². The molecule has 0 N–H and O–H groups in total. The molecule has 8 heteroatoms. The van der Waals surface area contributed by atoms with Crippen LogP contribution in [0.1, 0.15) is 11.4 Å². The van der Waals surface area contributed by atoms with E-state index in [1.807, 2.05) is 48.7 Å². The normalized spacial score (nSPS) is 11.2. The number of thiazole rings is 1. The number of benzene rings is 2. The van der Waals surface area contributed by atoms with Gasteiger partial charge in [-0.05, 0) is 24.4 Å². The first kappa shape index (κ1) is 19.0. The number of rotatable bonds is 5. The lowest BCUT2D eigenvalue weighted by Gasteiger charge is -2.08. The summed E-state index contributed by atoms with van der Waals surface area (Å²) in [6.07, 6.45) is 0. The molecule has 0 aliphatic heterocycles. The minimum Gasteiger partial charge on any atom is -0.459 e. The monoisotopic (exact) mass is 430 g/mol. The molecule has 0 aliphatic carbocycles. The summed E-state index contributed by atoms with van der Waals surface area (Å²) in [6, 6.07) is 13.0. The number of hydrogen-bond acceptors (Lipinski definition) is 6. The van der Waals surface area contributed by atoms with E-state index in [1.165, 1.54) is 33.6 Å². The van der Waals surface area contributed by atoms with E-state index in [0.717, 1.165) is 21.4 Å². The molecule has 2 aromatic carbocycles. The second kappa shape index (κ2) is 7.95. The van der Waals surface area contributed by atoms with Crippen molar-refractivity contribution < 1.29 is 9.53 Å². The number of carbonyl (C=O) groups excluding carboxylic acids is 1. The molecule has 5 nitrogen and oxygen atoms in total. The van der Waals surface area contributed by atoms with Crippen molar-refractivity contribution in [3.8, 4) is 0 Å². The number of nitrogens with zero attached hydrogens (tertiary/aromatic N) is 2. The van der Waals surface area contributed by atoms with Crippen LogP contribution < -0.4 is 5.56 Å². The van der Waals surface area contributed by atoms with E-state index in [9.17, 15) is 9.59 Å². The number of aryl methyl sites for hydroxylation is 1. The number of esters is 1. The van der Waals surface area contributed by atoms with E-state index >= 15 is 0 Å². The van der Waals surface area contributed by atoms with Crippen molar-refractivity contribution in [2.45, 2.75) is 18.4 Å². The molecule has 142 valence electrons. The van der Waals surface area contributed by atoms with Crippen molar-refractivity contribution in [2.24, 2.45) is 0 Å². The fourth-order valence-electron chi connectivity index (χ4n) is 2.89. The Hall–Kier alpha value is -2.35. The van der Waals surface area contributed by atoms with Crippen molar-refractivity contribution in [1.29, 1.82) is 0 Å². The van der Waals surface area contributed by atoms with Gasteiger partial charge in [-0.25, -0.2) is 4.98 Å². The van der Waals surface area contributed by atoms with Crippen LogP contribution in [0.15, 0.2) is 57.5 Å². The van der Waals surface area contributed by atoms with Gasteiger partial charge in [0.25, 0.3) is 5.56 Å². The molecule has 0 radical (unpaired) electrons. The van der Waals surface area contributed by atoms with Crippen molar-refractivity contribution in [3.63, 3.8) is 0 Å². The van der Waals surface area contributed by atoms with Crippen molar-refractivity contribution in [1.82, 2.24) is 9.38 Å². The Labute approximate surface area is 173 Å². The van der Waals surface area contributed by atoms with Crippen LogP contribution in [0.5, 0.6) is 0 Å². The number of ether oxygens (including phenoxy) is 1. The predicted molar refractivity (Wildman–Crippen MR) is 114 cm³/mol. The Balaban J connectivity index is 1.43. The summed E-state index contributed by atoms with van der Waals surface area (Å²) in [5.74, 6) is -0.234. The summed E-state index contributed by atoms with van der Waals surface area (Å²) in [6.45, 7) is 1.82. The molecule has 0 atom stereocenters. The maximum absolute atomic E-state index is 12.2. The summed E-state index contributed by atoms with van der Waals surface area (Å²) >= 11 is 9.07. The van der Waals surface area contributed by atoms with E-state index in [0.29, 0.717) is 15.7 Å². The zero-order chi connectivity index (χ0) is 19.7. The number of hydrogen-bond donors (Lipinski definition) is 0. The lowest BCUT2D eigenvalue weighted by molar-refractivity contribution is -0.141. The second-order valence-corrected chi connectivity index (χ2v) is 8.39. The third-order valence-electron chi connectivity index (χ3n) is 4.17. The van der Waals surface area contributed by atoms with E-state index in [-0.39, 0.29) is 23.9 Å². The van der Waals surface area contributed by atoms with Crippen LogP contribution in [0.3, 0.4) is 0 Å². The zero-order valence-electron chi connectivity index (χ0n) is 14.8. The quantitative estimate of drug-likeness (QED) is 0.339. The Morgan fingerprint density at radius 3 is 2.89 bits per heavy atom. The molecular formula is C20H15ClN2O3S2. The average Bonchev–Trinajstić information content (AvgIpc) is 3.06. The van der Waals surface area contributed by atoms with Gasteiger partial charge in [-0.3, -0.25) is 14.0 Å². The number of fused-ring (bicyclic) bond motifs is 2. The van der Waals surface area contributed by atoms with Crippen molar-refractivity contribution >= 4 is 56.4 Å². The molecule has 2 heterocycles. The largest absolute Gasteiger partial charge is 0.459 e. The molecule has 0 amide bonds. The van der Waals surface area contributed by atoms with Gasteiger partial charge in [0.05, 0.1) is 11.4 Å². The molecule has 4 aromatic rings. The summed E-state index contributed by atoms with van der Waals surface area (Å²) in [5, 5.41) is 4.47. The Bertz CT molecular complexity index is 1240. The maximum Gasteiger partial charge on any atom is 0.316 e. The highest BCUT2D eigenvalue weighted by atomic mass is 35.5. The molecule has 0 unspecified atom stereocenters. The van der Waals surface area contributed by atoms with Crippen LogP contribution in [-0.2, 0) is 16.1 Å². The third-order valence-corrected chi connectivity index (χ3v) is 6.46. The van der Waals surface area contributed by atoms with Crippen LogP contribution in [0.25, 0.3) is 15.7 Å². The van der Waals surface area contributed by atoms with Crippen molar-refractivity contribution in [2.75, 3.05) is 5.75 Å². The van der Waals surface area contributed by atoms with Gasteiger partial charge < -0.3 is 4.74 Å². The minimum atomic E-state index is -0.376. The summed E-state index contributed by atoms with van der Waals surface area (Å²) in [4.78, 5) is 30.2. The molecule has 0 aliphatic rings. The fourth-order valence-corrected chi connectivity index (χ4v) is 5.02. The molecule has 0 spiro atoms. The average molecular weight is 431 g/mol. The van der Waals surface area contributed by atoms with Gasteiger partial charge in [0.15, 0.2) is 4.96 Å². The topological polar surface area (TPSA) is 60.7 Å². The van der Waals surface area contributed by atoms with Gasteiger partial charge in [0.2, 0.25) is 0 Å². The summed E-state index contributed by atoms with van der Waals surface area (Å²) in [5.41, 5.74) is 1.11. The maximum atomic E-state index is 12.2. The lowest BCUT2D eigenvalue weighted by Crippen LogP contribution is -2.16. The predicted octanol–water partition coefficient (Wildman–Crippen LogP) is 4.71. The smallest absolute Gasteiger partial charge is 0.316 e. The number of thioether (sulfide) groups is 1. The number of carbonyl (C=O) groups is 1. The van der Waals surface area contributed by atoms with Gasteiger partial charge in [0, 0.05) is 32.4 Å². The first-order valence-corrected chi connectivity index (χ1v) is 10.7. The van der Waals surface area contributed by atoms with E-state index in [2.05, 4.69) is 4.98 Å². The van der Waals surface area contributed by atoms with E-state index in [4.69, 9.17) is 16.3 Å². The summed E-state index contributed by atoms with van der Waals surface area (Å²) in [7, 11) is 0. The van der Waals surface area contributed by atoms with Crippen molar-refractivity contribution in [3.05, 3.63) is 74.6 Å². The third kappa shape index (κ3) is 3.78. The zero-order valence-corrected chi connectivity index (χ0v) is 17.2.